The van der Waals surface area contributed by atoms with Crippen LogP contribution in [0.1, 0.15) is 36.1 Å². The SMILES string of the molecule is CCNCC1(c2cccs2)CC(c2ccccc2)C1. The number of benzene rings is 1. The van der Waals surface area contributed by atoms with Gasteiger partial charge in [-0.2, -0.15) is 0 Å². The number of nitrogens with one attached hydrogen (secondary N) is 1. The molecule has 0 saturated heterocycles. The lowest BCUT2D eigenvalue weighted by Gasteiger charge is -2.48. The van der Waals surface area contributed by atoms with Crippen LogP contribution in [0.5, 0.6) is 0 Å². The van der Waals surface area contributed by atoms with Crippen molar-refractivity contribution in [1.29, 1.82) is 0 Å². The molecule has 0 radical (unpaired) electrons. The number of rotatable bonds is 5. The topological polar surface area (TPSA) is 12.0 Å². The molecule has 19 heavy (non-hydrogen) atoms. The van der Waals surface area contributed by atoms with Crippen molar-refractivity contribution in [2.45, 2.75) is 31.1 Å². The van der Waals surface area contributed by atoms with Gasteiger partial charge in [0.05, 0.1) is 0 Å². The second-order valence-corrected chi connectivity index (χ2v) is 6.50. The van der Waals surface area contributed by atoms with Crippen molar-refractivity contribution in [2.24, 2.45) is 0 Å². The molecule has 1 aromatic heterocycles. The van der Waals surface area contributed by atoms with E-state index in [1.54, 1.807) is 4.88 Å². The minimum Gasteiger partial charge on any atom is -0.316 e. The van der Waals surface area contributed by atoms with Crippen molar-refractivity contribution in [3.63, 3.8) is 0 Å². The summed E-state index contributed by atoms with van der Waals surface area (Å²) in [6.07, 6.45) is 2.56. The molecule has 1 saturated carbocycles. The molecular formula is C17H21NS. The lowest BCUT2D eigenvalue weighted by Crippen LogP contribution is -2.47. The second-order valence-electron chi connectivity index (χ2n) is 5.55. The van der Waals surface area contributed by atoms with Crippen molar-refractivity contribution in [3.05, 3.63) is 58.3 Å². The normalized spacial score (nSPS) is 26.1. The van der Waals surface area contributed by atoms with Crippen molar-refractivity contribution >= 4 is 11.3 Å². The zero-order chi connectivity index (χ0) is 13.1. The van der Waals surface area contributed by atoms with E-state index in [1.807, 2.05) is 11.3 Å². The van der Waals surface area contributed by atoms with E-state index in [0.717, 1.165) is 19.0 Å². The van der Waals surface area contributed by atoms with E-state index in [1.165, 1.54) is 18.4 Å². The van der Waals surface area contributed by atoms with E-state index < -0.39 is 0 Å². The predicted octanol–water partition coefficient (Wildman–Crippen LogP) is 4.17. The fourth-order valence-corrected chi connectivity index (χ4v) is 4.17. The Morgan fingerprint density at radius 3 is 2.58 bits per heavy atom. The Hall–Kier alpha value is -1.12. The molecular weight excluding hydrogens is 250 g/mol. The van der Waals surface area contributed by atoms with Crippen LogP contribution in [-0.4, -0.2) is 13.1 Å². The maximum absolute atomic E-state index is 3.56. The summed E-state index contributed by atoms with van der Waals surface area (Å²) in [7, 11) is 0. The van der Waals surface area contributed by atoms with E-state index in [4.69, 9.17) is 0 Å². The Morgan fingerprint density at radius 1 is 1.16 bits per heavy atom. The highest BCUT2D eigenvalue weighted by Gasteiger charge is 2.46. The third-order valence-electron chi connectivity index (χ3n) is 4.30. The van der Waals surface area contributed by atoms with Gasteiger partial charge in [-0.25, -0.2) is 0 Å². The van der Waals surface area contributed by atoms with Gasteiger partial charge in [-0.15, -0.1) is 11.3 Å². The Kier molecular flexibility index (Phi) is 3.72. The van der Waals surface area contributed by atoms with Crippen LogP contribution in [0.15, 0.2) is 47.8 Å². The zero-order valence-electron chi connectivity index (χ0n) is 11.4. The summed E-state index contributed by atoms with van der Waals surface area (Å²) in [6, 6.07) is 15.5. The highest BCUT2D eigenvalue weighted by molar-refractivity contribution is 7.10. The molecule has 1 heterocycles. The highest BCUT2D eigenvalue weighted by Crippen LogP contribution is 2.53. The Balaban J connectivity index is 1.75. The van der Waals surface area contributed by atoms with Crippen LogP contribution in [0.25, 0.3) is 0 Å². The van der Waals surface area contributed by atoms with Crippen molar-refractivity contribution in [2.75, 3.05) is 13.1 Å². The summed E-state index contributed by atoms with van der Waals surface area (Å²) in [5.41, 5.74) is 1.89. The first-order chi connectivity index (χ1) is 9.34. The van der Waals surface area contributed by atoms with Crippen LogP contribution >= 0.6 is 11.3 Å². The minimum absolute atomic E-state index is 0.380. The lowest BCUT2D eigenvalue weighted by molar-refractivity contribution is 0.199. The van der Waals surface area contributed by atoms with Crippen molar-refractivity contribution in [3.8, 4) is 0 Å². The molecule has 2 aromatic rings. The fourth-order valence-electron chi connectivity index (χ4n) is 3.22. The van der Waals surface area contributed by atoms with Gasteiger partial charge in [0.25, 0.3) is 0 Å². The molecule has 2 heteroatoms. The summed E-state index contributed by atoms with van der Waals surface area (Å²) >= 11 is 1.91. The molecule has 0 amide bonds. The number of thiophene rings is 1. The maximum atomic E-state index is 3.56. The first kappa shape index (κ1) is 12.9. The number of hydrogen-bond donors (Lipinski definition) is 1. The van der Waals surface area contributed by atoms with Crippen LogP contribution in [-0.2, 0) is 5.41 Å². The van der Waals surface area contributed by atoms with Gasteiger partial charge in [0.15, 0.2) is 0 Å². The van der Waals surface area contributed by atoms with Gasteiger partial charge in [-0.3, -0.25) is 0 Å². The van der Waals surface area contributed by atoms with E-state index in [0.29, 0.717) is 5.41 Å². The van der Waals surface area contributed by atoms with Crippen LogP contribution in [0.3, 0.4) is 0 Å². The predicted molar refractivity (Wildman–Crippen MR) is 83.0 cm³/mol. The van der Waals surface area contributed by atoms with Crippen LogP contribution in [0.2, 0.25) is 0 Å². The summed E-state index contributed by atoms with van der Waals surface area (Å²) in [6.45, 7) is 4.37. The van der Waals surface area contributed by atoms with Crippen molar-refractivity contribution in [1.82, 2.24) is 5.32 Å². The fraction of sp³-hybridized carbons (Fsp3) is 0.412. The second kappa shape index (κ2) is 5.48. The summed E-state index contributed by atoms with van der Waals surface area (Å²) in [5.74, 6) is 0.738. The molecule has 0 aliphatic heterocycles. The number of hydrogen-bond acceptors (Lipinski definition) is 2. The first-order valence-corrected chi connectivity index (χ1v) is 8.02. The molecule has 1 aromatic carbocycles. The lowest BCUT2D eigenvalue weighted by atomic mass is 9.59. The third kappa shape index (κ3) is 2.47. The zero-order valence-corrected chi connectivity index (χ0v) is 12.2. The Morgan fingerprint density at radius 2 is 1.95 bits per heavy atom. The molecule has 0 bridgehead atoms. The first-order valence-electron chi connectivity index (χ1n) is 7.14. The highest BCUT2D eigenvalue weighted by atomic mass is 32.1. The molecule has 1 nitrogen and oxygen atoms in total. The van der Waals surface area contributed by atoms with E-state index in [2.05, 4.69) is 60.1 Å². The molecule has 0 atom stereocenters. The Labute approximate surface area is 119 Å². The van der Waals surface area contributed by atoms with Gasteiger partial charge in [-0.05, 0) is 42.3 Å². The number of likely N-dealkylation sites (N-methyl/N-ethyl adjacent to an activating group) is 1. The average molecular weight is 271 g/mol. The Bertz CT molecular complexity index is 497. The van der Waals surface area contributed by atoms with Crippen molar-refractivity contribution < 1.29 is 0 Å². The van der Waals surface area contributed by atoms with Crippen LogP contribution < -0.4 is 5.32 Å². The molecule has 0 spiro atoms. The molecule has 1 aliphatic carbocycles. The van der Waals surface area contributed by atoms with Gasteiger partial charge in [0, 0.05) is 16.8 Å². The minimum atomic E-state index is 0.380. The van der Waals surface area contributed by atoms with E-state index in [-0.39, 0.29) is 0 Å². The molecule has 3 rings (SSSR count). The van der Waals surface area contributed by atoms with Gasteiger partial charge < -0.3 is 5.32 Å². The van der Waals surface area contributed by atoms with Gasteiger partial charge >= 0.3 is 0 Å². The maximum Gasteiger partial charge on any atom is 0.0183 e. The smallest absolute Gasteiger partial charge is 0.0183 e. The molecule has 100 valence electrons. The molecule has 0 unspecified atom stereocenters. The summed E-state index contributed by atoms with van der Waals surface area (Å²) < 4.78 is 0. The third-order valence-corrected chi connectivity index (χ3v) is 5.42. The van der Waals surface area contributed by atoms with E-state index >= 15 is 0 Å². The quantitative estimate of drug-likeness (QED) is 0.860. The molecule has 1 N–H and O–H groups in total. The van der Waals surface area contributed by atoms with E-state index in [9.17, 15) is 0 Å². The summed E-state index contributed by atoms with van der Waals surface area (Å²) in [5, 5.41) is 5.77. The largest absolute Gasteiger partial charge is 0.316 e. The molecule has 1 aliphatic rings. The molecule has 1 fully saturated rings. The van der Waals surface area contributed by atoms with Gasteiger partial charge in [-0.1, -0.05) is 43.3 Å². The van der Waals surface area contributed by atoms with Gasteiger partial charge in [0.1, 0.15) is 0 Å². The monoisotopic (exact) mass is 271 g/mol. The van der Waals surface area contributed by atoms with Crippen LogP contribution in [0.4, 0.5) is 0 Å². The summed E-state index contributed by atoms with van der Waals surface area (Å²) in [4.78, 5) is 1.56. The standard InChI is InChI=1S/C17H21NS/c1-2-18-13-17(16-9-6-10-19-16)11-15(12-17)14-7-4-3-5-8-14/h3-10,15,18H,2,11-13H2,1H3. The van der Waals surface area contributed by atoms with Gasteiger partial charge in [0.2, 0.25) is 0 Å². The van der Waals surface area contributed by atoms with Crippen LogP contribution in [0, 0.1) is 0 Å². The average Bonchev–Trinajstić information content (AvgIpc) is 2.93.